The van der Waals surface area contributed by atoms with Crippen LogP contribution in [0.15, 0.2) is 22.7 Å². The predicted octanol–water partition coefficient (Wildman–Crippen LogP) is 1.91. The van der Waals surface area contributed by atoms with E-state index < -0.39 is 23.9 Å². The number of hydrogen-bond donors (Lipinski definition) is 2. The molecule has 1 unspecified atom stereocenters. The Labute approximate surface area is 122 Å². The summed E-state index contributed by atoms with van der Waals surface area (Å²) in [7, 11) is 0. The van der Waals surface area contributed by atoms with E-state index in [4.69, 9.17) is 9.84 Å². The highest BCUT2D eigenvalue weighted by atomic mass is 79.9. The lowest BCUT2D eigenvalue weighted by atomic mass is 10.3. The molecule has 1 saturated heterocycles. The highest BCUT2D eigenvalue weighted by Gasteiger charge is 2.28. The van der Waals surface area contributed by atoms with Crippen molar-refractivity contribution in [1.82, 2.24) is 4.90 Å². The number of carbonyl (C=O) groups excluding carboxylic acids is 1. The second-order valence-electron chi connectivity index (χ2n) is 4.20. The summed E-state index contributed by atoms with van der Waals surface area (Å²) in [4.78, 5) is 24.2. The average molecular weight is 347 g/mol. The molecule has 0 aliphatic carbocycles. The SMILES string of the molecule is O=C(O)C1CN(C(=O)Nc2ccc(F)c(Br)c2)CCO1. The maximum atomic E-state index is 13.1. The van der Waals surface area contributed by atoms with Crippen LogP contribution in [0.1, 0.15) is 0 Å². The van der Waals surface area contributed by atoms with Gasteiger partial charge in [0.1, 0.15) is 5.82 Å². The zero-order valence-electron chi connectivity index (χ0n) is 10.3. The summed E-state index contributed by atoms with van der Waals surface area (Å²) in [6.07, 6.45) is -1.02. The first-order valence-electron chi connectivity index (χ1n) is 5.83. The van der Waals surface area contributed by atoms with E-state index in [1.165, 1.54) is 23.1 Å². The lowest BCUT2D eigenvalue weighted by Gasteiger charge is -2.30. The minimum atomic E-state index is -1.10. The quantitative estimate of drug-likeness (QED) is 0.857. The van der Waals surface area contributed by atoms with Crippen molar-refractivity contribution < 1.29 is 23.8 Å². The van der Waals surface area contributed by atoms with E-state index in [1.54, 1.807) is 0 Å². The summed E-state index contributed by atoms with van der Waals surface area (Å²) in [6, 6.07) is 3.63. The molecule has 0 bridgehead atoms. The number of nitrogens with one attached hydrogen (secondary N) is 1. The number of ether oxygens (including phenoxy) is 1. The molecule has 1 heterocycles. The molecule has 1 aromatic carbocycles. The van der Waals surface area contributed by atoms with Gasteiger partial charge >= 0.3 is 12.0 Å². The smallest absolute Gasteiger partial charge is 0.334 e. The summed E-state index contributed by atoms with van der Waals surface area (Å²) in [5, 5.41) is 11.4. The Morgan fingerprint density at radius 3 is 2.90 bits per heavy atom. The van der Waals surface area contributed by atoms with Crippen molar-refractivity contribution in [2.24, 2.45) is 0 Å². The Hall–Kier alpha value is -1.67. The van der Waals surface area contributed by atoms with Gasteiger partial charge in [-0.2, -0.15) is 0 Å². The molecule has 1 aromatic rings. The Bertz CT molecular complexity index is 540. The summed E-state index contributed by atoms with van der Waals surface area (Å²) < 4.78 is 18.3. The maximum absolute atomic E-state index is 13.1. The van der Waals surface area contributed by atoms with Crippen LogP contribution in [0, 0.1) is 5.82 Å². The lowest BCUT2D eigenvalue weighted by molar-refractivity contribution is -0.154. The van der Waals surface area contributed by atoms with E-state index >= 15 is 0 Å². The molecule has 1 atom stereocenters. The third-order valence-corrected chi connectivity index (χ3v) is 3.41. The third kappa shape index (κ3) is 3.45. The van der Waals surface area contributed by atoms with E-state index in [2.05, 4.69) is 21.2 Å². The zero-order valence-corrected chi connectivity index (χ0v) is 11.9. The van der Waals surface area contributed by atoms with Gasteiger partial charge in [0.25, 0.3) is 0 Å². The van der Waals surface area contributed by atoms with Crippen LogP contribution in [-0.4, -0.2) is 47.8 Å². The van der Waals surface area contributed by atoms with Crippen molar-refractivity contribution in [2.45, 2.75) is 6.10 Å². The fraction of sp³-hybridized carbons (Fsp3) is 0.333. The predicted molar refractivity (Wildman–Crippen MR) is 72.1 cm³/mol. The van der Waals surface area contributed by atoms with Gasteiger partial charge in [0.2, 0.25) is 0 Å². The number of morpholine rings is 1. The highest BCUT2D eigenvalue weighted by molar-refractivity contribution is 9.10. The van der Waals surface area contributed by atoms with Crippen LogP contribution in [0.25, 0.3) is 0 Å². The van der Waals surface area contributed by atoms with Crippen LogP contribution in [0.2, 0.25) is 0 Å². The minimum absolute atomic E-state index is 0.0243. The van der Waals surface area contributed by atoms with E-state index in [-0.39, 0.29) is 17.6 Å². The molecule has 2 rings (SSSR count). The molecule has 0 saturated carbocycles. The maximum Gasteiger partial charge on any atom is 0.334 e. The molecular weight excluding hydrogens is 335 g/mol. The number of carboxylic acid groups (broad SMARTS) is 1. The number of hydrogen-bond acceptors (Lipinski definition) is 3. The topological polar surface area (TPSA) is 78.9 Å². The van der Waals surface area contributed by atoms with Gasteiger partial charge in [-0.3, -0.25) is 0 Å². The van der Waals surface area contributed by atoms with Crippen LogP contribution in [0.3, 0.4) is 0 Å². The minimum Gasteiger partial charge on any atom is -0.479 e. The normalized spacial score (nSPS) is 18.7. The van der Waals surface area contributed by atoms with Crippen molar-refractivity contribution in [3.05, 3.63) is 28.5 Å². The number of amides is 2. The number of rotatable bonds is 2. The Morgan fingerprint density at radius 2 is 2.25 bits per heavy atom. The van der Waals surface area contributed by atoms with Crippen molar-refractivity contribution in [1.29, 1.82) is 0 Å². The molecule has 1 aliphatic rings. The fourth-order valence-corrected chi connectivity index (χ4v) is 2.14. The summed E-state index contributed by atoms with van der Waals surface area (Å²) >= 11 is 3.02. The number of nitrogens with zero attached hydrogens (tertiary/aromatic N) is 1. The van der Waals surface area contributed by atoms with Crippen LogP contribution in [0.4, 0.5) is 14.9 Å². The number of carboxylic acids is 1. The second-order valence-corrected chi connectivity index (χ2v) is 5.06. The molecule has 1 fully saturated rings. The molecule has 1 aliphatic heterocycles. The first-order chi connectivity index (χ1) is 9.47. The monoisotopic (exact) mass is 346 g/mol. The molecule has 2 N–H and O–H groups in total. The van der Waals surface area contributed by atoms with Crippen LogP contribution < -0.4 is 5.32 Å². The first-order valence-corrected chi connectivity index (χ1v) is 6.62. The molecular formula is C12H12BrFN2O4. The van der Waals surface area contributed by atoms with Gasteiger partial charge in [0, 0.05) is 12.2 Å². The molecule has 0 radical (unpaired) electrons. The molecule has 8 heteroatoms. The molecule has 0 spiro atoms. The largest absolute Gasteiger partial charge is 0.479 e. The number of urea groups is 1. The van der Waals surface area contributed by atoms with Gasteiger partial charge in [0.05, 0.1) is 17.6 Å². The summed E-state index contributed by atoms with van der Waals surface area (Å²) in [5.41, 5.74) is 0.418. The van der Waals surface area contributed by atoms with E-state index in [1.807, 2.05) is 0 Å². The second kappa shape index (κ2) is 6.19. The van der Waals surface area contributed by atoms with Gasteiger partial charge in [0.15, 0.2) is 6.10 Å². The molecule has 108 valence electrons. The number of aliphatic carboxylic acids is 1. The van der Waals surface area contributed by atoms with Crippen LogP contribution >= 0.6 is 15.9 Å². The van der Waals surface area contributed by atoms with Crippen molar-refractivity contribution in [3.8, 4) is 0 Å². The molecule has 2 amide bonds. The number of halogens is 2. The first kappa shape index (κ1) is 14.7. The van der Waals surface area contributed by atoms with E-state index in [9.17, 15) is 14.0 Å². The average Bonchev–Trinajstić information content (AvgIpc) is 2.43. The van der Waals surface area contributed by atoms with Gasteiger partial charge in [-0.15, -0.1) is 0 Å². The van der Waals surface area contributed by atoms with Crippen molar-refractivity contribution >= 4 is 33.6 Å². The molecule has 6 nitrogen and oxygen atoms in total. The van der Waals surface area contributed by atoms with Crippen LogP contribution in [-0.2, 0) is 9.53 Å². The Morgan fingerprint density at radius 1 is 1.50 bits per heavy atom. The highest BCUT2D eigenvalue weighted by Crippen LogP contribution is 2.20. The number of anilines is 1. The lowest BCUT2D eigenvalue weighted by Crippen LogP contribution is -2.49. The van der Waals surface area contributed by atoms with Gasteiger partial charge in [-0.25, -0.2) is 14.0 Å². The molecule has 0 aromatic heterocycles. The third-order valence-electron chi connectivity index (χ3n) is 2.80. The fourth-order valence-electron chi connectivity index (χ4n) is 1.76. The summed E-state index contributed by atoms with van der Waals surface area (Å²) in [5.74, 6) is -1.53. The zero-order chi connectivity index (χ0) is 14.7. The van der Waals surface area contributed by atoms with Gasteiger partial charge in [-0.05, 0) is 34.1 Å². The van der Waals surface area contributed by atoms with Gasteiger partial charge < -0.3 is 20.1 Å². The van der Waals surface area contributed by atoms with E-state index in [0.29, 0.717) is 12.2 Å². The summed E-state index contributed by atoms with van der Waals surface area (Å²) in [6.45, 7) is 0.443. The van der Waals surface area contributed by atoms with Crippen molar-refractivity contribution in [2.75, 3.05) is 25.0 Å². The van der Waals surface area contributed by atoms with Crippen molar-refractivity contribution in [3.63, 3.8) is 0 Å². The number of benzene rings is 1. The Balaban J connectivity index is 2.00. The van der Waals surface area contributed by atoms with E-state index in [0.717, 1.165) is 0 Å². The number of carbonyl (C=O) groups is 2. The molecule has 20 heavy (non-hydrogen) atoms. The Kier molecular flexibility index (Phi) is 4.56. The van der Waals surface area contributed by atoms with Crippen LogP contribution in [0.5, 0.6) is 0 Å². The standard InChI is InChI=1S/C12H12BrFN2O4/c13-8-5-7(1-2-9(8)14)15-12(19)16-3-4-20-10(6-16)11(17)18/h1-2,5,10H,3-4,6H2,(H,15,19)(H,17,18). The van der Waals surface area contributed by atoms with Gasteiger partial charge in [-0.1, -0.05) is 0 Å².